The van der Waals surface area contributed by atoms with Gasteiger partial charge in [0.15, 0.2) is 0 Å². The number of aryl methyl sites for hydroxylation is 1. The van der Waals surface area contributed by atoms with Gasteiger partial charge in [-0.2, -0.15) is 0 Å². The van der Waals surface area contributed by atoms with Crippen LogP contribution in [-0.4, -0.2) is 24.0 Å². The molecule has 1 aromatic carbocycles. The molecule has 0 radical (unpaired) electrons. The molecule has 0 aliphatic heterocycles. The highest BCUT2D eigenvalue weighted by molar-refractivity contribution is 5.98. The van der Waals surface area contributed by atoms with Gasteiger partial charge in [-0.3, -0.25) is 10.1 Å². The summed E-state index contributed by atoms with van der Waals surface area (Å²) in [5, 5.41) is 8.39. The third-order valence-corrected chi connectivity index (χ3v) is 3.97. The Morgan fingerprint density at radius 3 is 2.59 bits per heavy atom. The van der Waals surface area contributed by atoms with Crippen LogP contribution in [-0.2, 0) is 4.79 Å². The van der Waals surface area contributed by atoms with Crippen LogP contribution in [0.5, 0.6) is 0 Å². The number of anilines is 1. The highest BCUT2D eigenvalue weighted by atomic mass is 16.2. The topological polar surface area (TPSA) is 70.2 Å². The average molecular weight is 303 g/mol. The van der Waals surface area contributed by atoms with E-state index in [1.54, 1.807) is 6.92 Å². The van der Waals surface area contributed by atoms with Crippen molar-refractivity contribution in [1.29, 1.82) is 0 Å². The van der Waals surface area contributed by atoms with Crippen molar-refractivity contribution in [2.24, 2.45) is 0 Å². The van der Waals surface area contributed by atoms with E-state index in [4.69, 9.17) is 0 Å². The normalized spacial score (nSPS) is 16.6. The van der Waals surface area contributed by atoms with Gasteiger partial charge in [0.05, 0.1) is 0 Å². The molecule has 1 aliphatic carbocycles. The smallest absolute Gasteiger partial charge is 0.321 e. The van der Waals surface area contributed by atoms with E-state index in [1.807, 2.05) is 31.2 Å². The van der Waals surface area contributed by atoms with Crippen LogP contribution in [0.1, 0.15) is 44.6 Å². The number of rotatable bonds is 4. The lowest BCUT2D eigenvalue weighted by atomic mass is 9.96. The minimum absolute atomic E-state index is 0.196. The molecule has 3 N–H and O–H groups in total. The molecule has 5 nitrogen and oxygen atoms in total. The number of amides is 3. The minimum Gasteiger partial charge on any atom is -0.374 e. The summed E-state index contributed by atoms with van der Waals surface area (Å²) in [6.45, 7) is 3.74. The van der Waals surface area contributed by atoms with Gasteiger partial charge in [0.25, 0.3) is 0 Å². The zero-order valence-electron chi connectivity index (χ0n) is 13.3. The summed E-state index contributed by atoms with van der Waals surface area (Å²) in [6.07, 6.45) is 5.52. The maximum absolute atomic E-state index is 12.0. The summed E-state index contributed by atoms with van der Waals surface area (Å²) in [6, 6.07) is 7.12. The second kappa shape index (κ2) is 7.82. The van der Waals surface area contributed by atoms with Crippen molar-refractivity contribution < 1.29 is 9.59 Å². The van der Waals surface area contributed by atoms with Crippen LogP contribution in [0.4, 0.5) is 10.5 Å². The molecule has 0 bridgehead atoms. The molecule has 22 heavy (non-hydrogen) atoms. The van der Waals surface area contributed by atoms with Gasteiger partial charge < -0.3 is 10.6 Å². The fourth-order valence-electron chi connectivity index (χ4n) is 2.74. The van der Waals surface area contributed by atoms with Crippen molar-refractivity contribution >= 4 is 17.6 Å². The number of urea groups is 1. The van der Waals surface area contributed by atoms with Gasteiger partial charge >= 0.3 is 6.03 Å². The Balaban J connectivity index is 1.79. The van der Waals surface area contributed by atoms with E-state index < -0.39 is 12.1 Å². The van der Waals surface area contributed by atoms with Crippen LogP contribution < -0.4 is 16.0 Å². The minimum atomic E-state index is -0.473. The zero-order chi connectivity index (χ0) is 15.9. The summed E-state index contributed by atoms with van der Waals surface area (Å²) in [4.78, 5) is 23.9. The van der Waals surface area contributed by atoms with E-state index in [1.165, 1.54) is 6.42 Å². The van der Waals surface area contributed by atoms with Gasteiger partial charge in [-0.1, -0.05) is 31.4 Å². The van der Waals surface area contributed by atoms with Crippen molar-refractivity contribution in [1.82, 2.24) is 10.6 Å². The Kier molecular flexibility index (Phi) is 5.81. The van der Waals surface area contributed by atoms with Crippen LogP contribution in [0, 0.1) is 6.92 Å². The maximum atomic E-state index is 12.0. The molecule has 0 heterocycles. The van der Waals surface area contributed by atoms with E-state index in [9.17, 15) is 9.59 Å². The lowest BCUT2D eigenvalue weighted by Gasteiger charge is -2.23. The van der Waals surface area contributed by atoms with E-state index in [0.717, 1.165) is 36.9 Å². The van der Waals surface area contributed by atoms with E-state index in [0.29, 0.717) is 0 Å². The number of hydrogen-bond donors (Lipinski definition) is 3. The maximum Gasteiger partial charge on any atom is 0.321 e. The summed E-state index contributed by atoms with van der Waals surface area (Å²) in [5.74, 6) is -0.324. The van der Waals surface area contributed by atoms with Crippen molar-refractivity contribution in [3.63, 3.8) is 0 Å². The van der Waals surface area contributed by atoms with E-state index >= 15 is 0 Å². The van der Waals surface area contributed by atoms with Crippen LogP contribution >= 0.6 is 0 Å². The summed E-state index contributed by atoms with van der Waals surface area (Å²) >= 11 is 0. The Bertz CT molecular complexity index is 524. The number of carbonyl (C=O) groups is 2. The molecule has 1 atom stereocenters. The molecule has 1 saturated carbocycles. The first-order valence-corrected chi connectivity index (χ1v) is 7.99. The van der Waals surface area contributed by atoms with Crippen molar-refractivity contribution in [3.8, 4) is 0 Å². The Morgan fingerprint density at radius 2 is 1.91 bits per heavy atom. The molecule has 2 rings (SSSR count). The highest BCUT2D eigenvalue weighted by Crippen LogP contribution is 2.17. The van der Waals surface area contributed by atoms with Crippen molar-refractivity contribution in [3.05, 3.63) is 29.8 Å². The van der Waals surface area contributed by atoms with Crippen molar-refractivity contribution in [2.45, 2.75) is 58.0 Å². The molecule has 5 heteroatoms. The molecule has 1 fully saturated rings. The fourth-order valence-corrected chi connectivity index (χ4v) is 2.74. The first-order valence-electron chi connectivity index (χ1n) is 7.99. The van der Waals surface area contributed by atoms with E-state index in [2.05, 4.69) is 16.0 Å². The number of carbonyl (C=O) groups excluding carboxylic acids is 2. The highest BCUT2D eigenvalue weighted by Gasteiger charge is 2.19. The number of imide groups is 1. The second-order valence-corrected chi connectivity index (χ2v) is 6.03. The van der Waals surface area contributed by atoms with Gasteiger partial charge in [0.1, 0.15) is 6.04 Å². The van der Waals surface area contributed by atoms with Crippen molar-refractivity contribution in [2.75, 3.05) is 5.32 Å². The Morgan fingerprint density at radius 1 is 1.18 bits per heavy atom. The lowest BCUT2D eigenvalue weighted by molar-refractivity contribution is -0.120. The standard InChI is InChI=1S/C17H25N3O2/c1-12-7-6-10-15(11-12)18-13(2)16(21)20-17(22)19-14-8-4-3-5-9-14/h6-7,10-11,13-14,18H,3-5,8-9H2,1-2H3,(H2,19,20,21,22). The summed E-state index contributed by atoms with van der Waals surface area (Å²) < 4.78 is 0. The molecule has 0 spiro atoms. The molecular formula is C17H25N3O2. The Labute approximate surface area is 131 Å². The summed E-state index contributed by atoms with van der Waals surface area (Å²) in [7, 11) is 0. The molecule has 3 amide bonds. The predicted octanol–water partition coefficient (Wildman–Crippen LogP) is 2.95. The van der Waals surface area contributed by atoms with Gasteiger partial charge in [0, 0.05) is 11.7 Å². The van der Waals surface area contributed by atoms with Gasteiger partial charge in [0.2, 0.25) is 5.91 Å². The predicted molar refractivity (Wildman–Crippen MR) is 87.8 cm³/mol. The number of hydrogen-bond acceptors (Lipinski definition) is 3. The SMILES string of the molecule is Cc1cccc(NC(C)C(=O)NC(=O)NC2CCCCC2)c1. The average Bonchev–Trinajstić information content (AvgIpc) is 2.48. The van der Waals surface area contributed by atoms with Crippen LogP contribution in [0.25, 0.3) is 0 Å². The van der Waals surface area contributed by atoms with Gasteiger partial charge in [-0.05, 0) is 44.4 Å². The fraction of sp³-hybridized carbons (Fsp3) is 0.529. The van der Waals surface area contributed by atoms with Gasteiger partial charge in [-0.25, -0.2) is 4.79 Å². The van der Waals surface area contributed by atoms with Crippen LogP contribution in [0.15, 0.2) is 24.3 Å². The van der Waals surface area contributed by atoms with E-state index in [-0.39, 0.29) is 11.9 Å². The molecule has 1 aromatic rings. The molecule has 1 unspecified atom stereocenters. The second-order valence-electron chi connectivity index (χ2n) is 6.03. The monoisotopic (exact) mass is 303 g/mol. The number of nitrogens with one attached hydrogen (secondary N) is 3. The third kappa shape index (κ3) is 5.06. The van der Waals surface area contributed by atoms with Crippen LogP contribution in [0.3, 0.4) is 0 Å². The van der Waals surface area contributed by atoms with Crippen LogP contribution in [0.2, 0.25) is 0 Å². The van der Waals surface area contributed by atoms with Gasteiger partial charge in [-0.15, -0.1) is 0 Å². The largest absolute Gasteiger partial charge is 0.374 e. The Hall–Kier alpha value is -2.04. The quantitative estimate of drug-likeness (QED) is 0.801. The molecule has 1 aliphatic rings. The number of benzene rings is 1. The summed E-state index contributed by atoms with van der Waals surface area (Å²) in [5.41, 5.74) is 1.99. The zero-order valence-corrected chi connectivity index (χ0v) is 13.3. The molecular weight excluding hydrogens is 278 g/mol. The first-order chi connectivity index (χ1) is 10.5. The molecule has 0 saturated heterocycles. The molecule has 120 valence electrons. The first kappa shape index (κ1) is 16.3. The molecule has 0 aromatic heterocycles. The lowest BCUT2D eigenvalue weighted by Crippen LogP contribution is -2.49. The third-order valence-electron chi connectivity index (χ3n) is 3.97.